The van der Waals surface area contributed by atoms with Crippen molar-refractivity contribution in [3.05, 3.63) is 35.5 Å². The number of hydrogen-bond acceptors (Lipinski definition) is 0. The highest BCUT2D eigenvalue weighted by atomic mass is 14.1. The average Bonchev–Trinajstić information content (AvgIpc) is 2.29. The van der Waals surface area contributed by atoms with Crippen LogP contribution in [0.15, 0.2) is 35.5 Å². The van der Waals surface area contributed by atoms with E-state index in [9.17, 15) is 0 Å². The van der Waals surface area contributed by atoms with E-state index in [-0.39, 0.29) is 0 Å². The Morgan fingerprint density at radius 3 is 2.24 bits per heavy atom. The highest BCUT2D eigenvalue weighted by Crippen LogP contribution is 2.22. The quantitative estimate of drug-likeness (QED) is 0.448. The molecule has 0 aliphatic carbocycles. The molecule has 0 spiro atoms. The fourth-order valence-electron chi connectivity index (χ4n) is 2.04. The van der Waals surface area contributed by atoms with Crippen LogP contribution in [-0.4, -0.2) is 0 Å². The first kappa shape index (κ1) is 16.2. The number of unbranched alkanes of at least 4 members (excludes halogenated alkanes) is 1. The van der Waals surface area contributed by atoms with E-state index in [0.717, 1.165) is 6.42 Å². The molecular weight excluding hydrogens is 204 g/mol. The molecule has 0 aromatic carbocycles. The largest absolute Gasteiger partial charge is 0.0955 e. The topological polar surface area (TPSA) is 0 Å². The van der Waals surface area contributed by atoms with Gasteiger partial charge in [-0.2, -0.15) is 0 Å². The van der Waals surface area contributed by atoms with Crippen molar-refractivity contribution >= 4 is 0 Å². The molecule has 98 valence electrons. The lowest BCUT2D eigenvalue weighted by molar-refractivity contribution is 0.524. The SMILES string of the molecule is C=C(/C=C(C)\C=C(/C)CC)C(CC)CCCC. The molecule has 0 N–H and O–H groups in total. The smallest absolute Gasteiger partial charge is 0.0170 e. The Balaban J connectivity index is 4.52. The third-order valence-electron chi connectivity index (χ3n) is 3.37. The number of hydrogen-bond donors (Lipinski definition) is 0. The Hall–Kier alpha value is -0.780. The van der Waals surface area contributed by atoms with Crippen molar-refractivity contribution in [1.82, 2.24) is 0 Å². The highest BCUT2D eigenvalue weighted by molar-refractivity contribution is 5.30. The van der Waals surface area contributed by atoms with Crippen LogP contribution in [-0.2, 0) is 0 Å². The summed E-state index contributed by atoms with van der Waals surface area (Å²) in [5.74, 6) is 0.667. The Bertz CT molecular complexity index is 278. The zero-order valence-electron chi connectivity index (χ0n) is 12.5. The van der Waals surface area contributed by atoms with Crippen molar-refractivity contribution in [3.8, 4) is 0 Å². The summed E-state index contributed by atoms with van der Waals surface area (Å²) in [4.78, 5) is 0. The van der Waals surface area contributed by atoms with Crippen LogP contribution in [0.4, 0.5) is 0 Å². The van der Waals surface area contributed by atoms with Crippen molar-refractivity contribution < 1.29 is 0 Å². The maximum absolute atomic E-state index is 4.25. The summed E-state index contributed by atoms with van der Waals surface area (Å²) in [6.45, 7) is 15.3. The molecule has 0 heteroatoms. The predicted molar refractivity (Wildman–Crippen MR) is 80.3 cm³/mol. The van der Waals surface area contributed by atoms with Crippen molar-refractivity contribution in [2.75, 3.05) is 0 Å². The van der Waals surface area contributed by atoms with E-state index in [1.54, 1.807) is 0 Å². The van der Waals surface area contributed by atoms with E-state index in [1.807, 2.05) is 0 Å². The van der Waals surface area contributed by atoms with Crippen molar-refractivity contribution in [1.29, 1.82) is 0 Å². The van der Waals surface area contributed by atoms with Gasteiger partial charge in [-0.05, 0) is 39.0 Å². The van der Waals surface area contributed by atoms with Crippen LogP contribution in [0.25, 0.3) is 0 Å². The fourth-order valence-corrected chi connectivity index (χ4v) is 2.04. The molecule has 1 unspecified atom stereocenters. The van der Waals surface area contributed by atoms with E-state index in [4.69, 9.17) is 0 Å². The molecule has 0 bridgehead atoms. The van der Waals surface area contributed by atoms with Gasteiger partial charge in [-0.3, -0.25) is 0 Å². The lowest BCUT2D eigenvalue weighted by Crippen LogP contribution is -2.00. The molecule has 0 rings (SSSR count). The normalized spacial score (nSPS) is 14.9. The molecular formula is C17H30. The van der Waals surface area contributed by atoms with Gasteiger partial charge in [0.1, 0.15) is 0 Å². The van der Waals surface area contributed by atoms with E-state index < -0.39 is 0 Å². The van der Waals surface area contributed by atoms with E-state index in [1.165, 1.54) is 42.4 Å². The first-order chi connectivity index (χ1) is 8.04. The maximum atomic E-state index is 4.25. The molecule has 0 amide bonds. The van der Waals surface area contributed by atoms with Gasteiger partial charge in [-0.25, -0.2) is 0 Å². The molecule has 0 saturated carbocycles. The fraction of sp³-hybridized carbons (Fsp3) is 0.647. The molecule has 0 heterocycles. The van der Waals surface area contributed by atoms with Crippen LogP contribution < -0.4 is 0 Å². The van der Waals surface area contributed by atoms with Crippen LogP contribution >= 0.6 is 0 Å². The third kappa shape index (κ3) is 7.20. The molecule has 0 fully saturated rings. The minimum absolute atomic E-state index is 0.667. The van der Waals surface area contributed by atoms with Crippen molar-refractivity contribution in [2.45, 2.75) is 66.7 Å². The first-order valence-electron chi connectivity index (χ1n) is 7.09. The van der Waals surface area contributed by atoms with Gasteiger partial charge in [0.15, 0.2) is 0 Å². The zero-order valence-corrected chi connectivity index (χ0v) is 12.5. The number of rotatable bonds is 8. The molecule has 1 atom stereocenters. The Morgan fingerprint density at radius 1 is 1.12 bits per heavy atom. The van der Waals surface area contributed by atoms with Gasteiger partial charge < -0.3 is 0 Å². The molecule has 0 nitrogen and oxygen atoms in total. The summed E-state index contributed by atoms with van der Waals surface area (Å²) in [5, 5.41) is 0. The molecule has 0 aliphatic rings. The lowest BCUT2D eigenvalue weighted by Gasteiger charge is -2.15. The summed E-state index contributed by atoms with van der Waals surface area (Å²) in [6, 6.07) is 0. The summed E-state index contributed by atoms with van der Waals surface area (Å²) in [7, 11) is 0. The van der Waals surface area contributed by atoms with Crippen LogP contribution in [0.3, 0.4) is 0 Å². The first-order valence-corrected chi connectivity index (χ1v) is 7.09. The maximum Gasteiger partial charge on any atom is -0.0170 e. The van der Waals surface area contributed by atoms with Gasteiger partial charge in [0.2, 0.25) is 0 Å². The van der Waals surface area contributed by atoms with Gasteiger partial charge in [-0.15, -0.1) is 0 Å². The summed E-state index contributed by atoms with van der Waals surface area (Å²) in [5.41, 5.74) is 4.08. The van der Waals surface area contributed by atoms with E-state index in [2.05, 4.69) is 53.3 Å². The van der Waals surface area contributed by atoms with Crippen LogP contribution in [0.2, 0.25) is 0 Å². The van der Waals surface area contributed by atoms with Crippen LogP contribution in [0.5, 0.6) is 0 Å². The summed E-state index contributed by atoms with van der Waals surface area (Å²) >= 11 is 0. The van der Waals surface area contributed by atoms with Gasteiger partial charge in [0.25, 0.3) is 0 Å². The van der Waals surface area contributed by atoms with Crippen LogP contribution in [0.1, 0.15) is 66.7 Å². The monoisotopic (exact) mass is 234 g/mol. The van der Waals surface area contributed by atoms with Gasteiger partial charge >= 0.3 is 0 Å². The standard InChI is InChI=1S/C17H30/c1-7-10-11-17(9-3)16(6)13-15(5)12-14(4)8-2/h12-13,17H,6-11H2,1-5H3/b14-12+,15-13-. The van der Waals surface area contributed by atoms with E-state index in [0.29, 0.717) is 5.92 Å². The molecule has 17 heavy (non-hydrogen) atoms. The zero-order chi connectivity index (χ0) is 13.3. The predicted octanol–water partition coefficient (Wildman–Crippen LogP) is 6.06. The molecule has 0 saturated heterocycles. The van der Waals surface area contributed by atoms with Crippen LogP contribution in [0, 0.1) is 5.92 Å². The second-order valence-electron chi connectivity index (χ2n) is 5.05. The minimum Gasteiger partial charge on any atom is -0.0955 e. The minimum atomic E-state index is 0.667. The molecule has 0 aliphatic heterocycles. The summed E-state index contributed by atoms with van der Waals surface area (Å²) in [6.07, 6.45) is 10.8. The summed E-state index contributed by atoms with van der Waals surface area (Å²) < 4.78 is 0. The lowest BCUT2D eigenvalue weighted by atomic mass is 9.90. The highest BCUT2D eigenvalue weighted by Gasteiger charge is 2.07. The number of allylic oxidation sites excluding steroid dienone is 5. The van der Waals surface area contributed by atoms with E-state index >= 15 is 0 Å². The molecule has 0 aromatic rings. The molecule has 0 radical (unpaired) electrons. The van der Waals surface area contributed by atoms with Gasteiger partial charge in [0, 0.05) is 0 Å². The van der Waals surface area contributed by atoms with Crippen molar-refractivity contribution in [2.24, 2.45) is 5.92 Å². The Kier molecular flexibility index (Phi) is 8.85. The molecule has 0 aromatic heterocycles. The second-order valence-corrected chi connectivity index (χ2v) is 5.05. The third-order valence-corrected chi connectivity index (χ3v) is 3.37. The van der Waals surface area contributed by atoms with Gasteiger partial charge in [0.05, 0.1) is 0 Å². The Morgan fingerprint density at radius 2 is 1.76 bits per heavy atom. The average molecular weight is 234 g/mol. The van der Waals surface area contributed by atoms with Crippen molar-refractivity contribution in [3.63, 3.8) is 0 Å². The Labute approximate surface area is 109 Å². The van der Waals surface area contributed by atoms with Gasteiger partial charge in [-0.1, -0.05) is 69.1 Å². The second kappa shape index (κ2) is 9.27.